The molecule has 0 aliphatic heterocycles. The third-order valence-corrected chi connectivity index (χ3v) is 2.22. The van der Waals surface area contributed by atoms with Crippen LogP contribution in [0.5, 0.6) is 5.75 Å². The van der Waals surface area contributed by atoms with E-state index in [4.69, 9.17) is 10.3 Å². The summed E-state index contributed by atoms with van der Waals surface area (Å²) in [6.07, 6.45) is 4.69. The lowest BCUT2D eigenvalue weighted by Crippen LogP contribution is -2.01. The molecule has 0 aliphatic rings. The Hall–Kier alpha value is -2.72. The standard InChI is InChI=1S/C13H13N3O3/c1-18-12-9-4-3-6-10(12)7-5-8-11(15-16-14)13(17)19-2/h3-9H,1-2H3. The molecule has 0 amide bonds. The SMILES string of the molecule is COC(=O)C(=CC=Cc1ccccc1OC)N=[N+]=[N-]. The molecule has 0 heterocycles. The van der Waals surface area contributed by atoms with E-state index in [1.54, 1.807) is 19.3 Å². The number of carbonyl (C=O) groups is 1. The van der Waals surface area contributed by atoms with Crippen molar-refractivity contribution in [2.75, 3.05) is 14.2 Å². The maximum absolute atomic E-state index is 11.3. The highest BCUT2D eigenvalue weighted by Gasteiger charge is 2.05. The van der Waals surface area contributed by atoms with Crippen molar-refractivity contribution < 1.29 is 14.3 Å². The molecule has 1 rings (SSSR count). The molecule has 0 saturated carbocycles. The largest absolute Gasteiger partial charge is 0.496 e. The molecule has 0 atom stereocenters. The van der Waals surface area contributed by atoms with E-state index in [1.165, 1.54) is 13.2 Å². The number of nitrogens with zero attached hydrogens (tertiary/aromatic N) is 3. The number of azide groups is 1. The summed E-state index contributed by atoms with van der Waals surface area (Å²) in [5.41, 5.74) is 9.07. The molecule has 0 aromatic heterocycles. The van der Waals surface area contributed by atoms with E-state index in [0.29, 0.717) is 5.75 Å². The first kappa shape index (κ1) is 14.3. The molecular formula is C13H13N3O3. The second kappa shape index (κ2) is 7.58. The molecule has 1 aromatic rings. The van der Waals surface area contributed by atoms with E-state index in [9.17, 15) is 4.79 Å². The van der Waals surface area contributed by atoms with Gasteiger partial charge in [0, 0.05) is 10.5 Å². The number of para-hydroxylation sites is 1. The number of esters is 1. The summed E-state index contributed by atoms with van der Waals surface area (Å²) in [7, 11) is 2.79. The lowest BCUT2D eigenvalue weighted by molar-refractivity contribution is -0.136. The van der Waals surface area contributed by atoms with Gasteiger partial charge in [0.15, 0.2) is 0 Å². The molecule has 0 saturated heterocycles. The monoisotopic (exact) mass is 259 g/mol. The van der Waals surface area contributed by atoms with Crippen molar-refractivity contribution in [2.45, 2.75) is 0 Å². The van der Waals surface area contributed by atoms with Crippen LogP contribution in [-0.2, 0) is 9.53 Å². The van der Waals surface area contributed by atoms with Crippen molar-refractivity contribution in [1.82, 2.24) is 0 Å². The summed E-state index contributed by atoms with van der Waals surface area (Å²) in [5.74, 6) is 0.0121. The second-order valence-corrected chi connectivity index (χ2v) is 3.33. The fraction of sp³-hybridized carbons (Fsp3) is 0.154. The highest BCUT2D eigenvalue weighted by atomic mass is 16.5. The number of hydrogen-bond donors (Lipinski definition) is 0. The normalized spacial score (nSPS) is 10.9. The molecule has 0 N–H and O–H groups in total. The molecule has 6 heteroatoms. The Kier molecular flexibility index (Phi) is 5.72. The van der Waals surface area contributed by atoms with Crippen molar-refractivity contribution in [1.29, 1.82) is 0 Å². The van der Waals surface area contributed by atoms with Crippen molar-refractivity contribution in [3.8, 4) is 5.75 Å². The molecule has 0 fully saturated rings. The van der Waals surface area contributed by atoms with Crippen molar-refractivity contribution >= 4 is 12.0 Å². The van der Waals surface area contributed by atoms with Gasteiger partial charge in [0.05, 0.1) is 14.2 Å². The number of rotatable bonds is 5. The smallest absolute Gasteiger partial charge is 0.340 e. The Morgan fingerprint density at radius 1 is 1.37 bits per heavy atom. The quantitative estimate of drug-likeness (QED) is 0.203. The first-order valence-electron chi connectivity index (χ1n) is 5.37. The topological polar surface area (TPSA) is 84.3 Å². The Bertz CT molecular complexity index is 558. The summed E-state index contributed by atoms with van der Waals surface area (Å²) in [6.45, 7) is 0. The van der Waals surface area contributed by atoms with Crippen LogP contribution in [0.2, 0.25) is 0 Å². The Balaban J connectivity index is 2.96. The first-order chi connectivity index (χ1) is 9.22. The average molecular weight is 259 g/mol. The Morgan fingerprint density at radius 3 is 2.74 bits per heavy atom. The molecule has 0 bridgehead atoms. The van der Waals surface area contributed by atoms with Gasteiger partial charge in [-0.15, -0.1) is 0 Å². The number of methoxy groups -OCH3 is 2. The summed E-state index contributed by atoms with van der Waals surface area (Å²) in [4.78, 5) is 13.8. The van der Waals surface area contributed by atoms with Gasteiger partial charge in [-0.1, -0.05) is 35.5 Å². The van der Waals surface area contributed by atoms with Crippen molar-refractivity contribution in [3.63, 3.8) is 0 Å². The van der Waals surface area contributed by atoms with Crippen molar-refractivity contribution in [3.05, 3.63) is 58.1 Å². The van der Waals surface area contributed by atoms with Gasteiger partial charge in [-0.2, -0.15) is 0 Å². The van der Waals surface area contributed by atoms with Gasteiger partial charge in [-0.25, -0.2) is 4.79 Å². The lowest BCUT2D eigenvalue weighted by Gasteiger charge is -2.02. The van der Waals surface area contributed by atoms with E-state index in [-0.39, 0.29) is 5.70 Å². The third kappa shape index (κ3) is 4.22. The van der Waals surface area contributed by atoms with E-state index < -0.39 is 5.97 Å². The van der Waals surface area contributed by atoms with Gasteiger partial charge in [0.2, 0.25) is 0 Å². The number of ether oxygens (including phenoxy) is 2. The minimum Gasteiger partial charge on any atom is -0.496 e. The van der Waals surface area contributed by atoms with E-state index in [1.807, 2.05) is 24.3 Å². The lowest BCUT2D eigenvalue weighted by atomic mass is 10.2. The maximum atomic E-state index is 11.3. The van der Waals surface area contributed by atoms with Gasteiger partial charge in [0.1, 0.15) is 11.4 Å². The van der Waals surface area contributed by atoms with Crippen LogP contribution in [0, 0.1) is 0 Å². The molecule has 1 aromatic carbocycles. The number of allylic oxidation sites excluding steroid dienone is 2. The average Bonchev–Trinajstić information content (AvgIpc) is 2.46. The number of carbonyl (C=O) groups excluding carboxylic acids is 1. The molecule has 6 nitrogen and oxygen atoms in total. The fourth-order valence-corrected chi connectivity index (χ4v) is 1.34. The van der Waals surface area contributed by atoms with Gasteiger partial charge in [0.25, 0.3) is 0 Å². The van der Waals surface area contributed by atoms with Crippen LogP contribution in [0.25, 0.3) is 16.5 Å². The summed E-state index contributed by atoms with van der Waals surface area (Å²) >= 11 is 0. The first-order valence-corrected chi connectivity index (χ1v) is 5.37. The highest BCUT2D eigenvalue weighted by molar-refractivity contribution is 5.88. The molecular weight excluding hydrogens is 246 g/mol. The molecule has 0 aliphatic carbocycles. The predicted octanol–water partition coefficient (Wildman–Crippen LogP) is 3.08. The van der Waals surface area contributed by atoms with Crippen LogP contribution < -0.4 is 4.74 Å². The molecule has 0 radical (unpaired) electrons. The Labute approximate surface area is 110 Å². The van der Waals surface area contributed by atoms with Crippen LogP contribution in [0.4, 0.5) is 0 Å². The van der Waals surface area contributed by atoms with E-state index >= 15 is 0 Å². The number of benzene rings is 1. The van der Waals surface area contributed by atoms with Gasteiger partial charge in [-0.05, 0) is 17.7 Å². The zero-order valence-corrected chi connectivity index (χ0v) is 10.6. The van der Waals surface area contributed by atoms with Gasteiger partial charge in [-0.3, -0.25) is 0 Å². The van der Waals surface area contributed by atoms with Crippen LogP contribution in [0.1, 0.15) is 5.56 Å². The van der Waals surface area contributed by atoms with E-state index in [0.717, 1.165) is 5.56 Å². The zero-order valence-electron chi connectivity index (χ0n) is 10.6. The summed E-state index contributed by atoms with van der Waals surface area (Å²) in [5, 5.41) is 3.25. The van der Waals surface area contributed by atoms with Gasteiger partial charge >= 0.3 is 5.97 Å². The fourth-order valence-electron chi connectivity index (χ4n) is 1.34. The van der Waals surface area contributed by atoms with Gasteiger partial charge < -0.3 is 9.47 Å². The summed E-state index contributed by atoms with van der Waals surface area (Å²) < 4.78 is 9.66. The second-order valence-electron chi connectivity index (χ2n) is 3.33. The summed E-state index contributed by atoms with van der Waals surface area (Å²) in [6, 6.07) is 7.39. The Morgan fingerprint density at radius 2 is 2.11 bits per heavy atom. The van der Waals surface area contributed by atoms with Crippen LogP contribution in [0.15, 0.2) is 47.2 Å². The van der Waals surface area contributed by atoms with Crippen LogP contribution >= 0.6 is 0 Å². The third-order valence-electron chi connectivity index (χ3n) is 2.22. The predicted molar refractivity (Wildman–Crippen MR) is 71.3 cm³/mol. The molecule has 0 unspecified atom stereocenters. The molecule has 19 heavy (non-hydrogen) atoms. The minimum absolute atomic E-state index is 0.115. The van der Waals surface area contributed by atoms with E-state index in [2.05, 4.69) is 14.8 Å². The van der Waals surface area contributed by atoms with Crippen molar-refractivity contribution in [2.24, 2.45) is 5.11 Å². The van der Waals surface area contributed by atoms with Crippen LogP contribution in [0.3, 0.4) is 0 Å². The number of hydrogen-bond acceptors (Lipinski definition) is 4. The zero-order chi connectivity index (χ0) is 14.1. The maximum Gasteiger partial charge on any atom is 0.340 e. The molecule has 98 valence electrons. The highest BCUT2D eigenvalue weighted by Crippen LogP contribution is 2.18. The molecule has 0 spiro atoms. The minimum atomic E-state index is -0.692. The van der Waals surface area contributed by atoms with Crippen LogP contribution in [-0.4, -0.2) is 20.2 Å².